The summed E-state index contributed by atoms with van der Waals surface area (Å²) in [5.74, 6) is -1.60. The number of nitrogens with two attached hydrogens (primary N) is 1. The van der Waals surface area contributed by atoms with Gasteiger partial charge in [-0.15, -0.1) is 0 Å². The molecule has 0 saturated carbocycles. The number of sulfonamides is 1. The molecule has 0 aliphatic carbocycles. The number of nitrogen functional groups attached to an aromatic ring is 1. The van der Waals surface area contributed by atoms with Crippen LogP contribution in [0.3, 0.4) is 0 Å². The molecule has 3 amide bonds. The highest BCUT2D eigenvalue weighted by Crippen LogP contribution is 2.29. The van der Waals surface area contributed by atoms with Gasteiger partial charge in [-0.1, -0.05) is 84.9 Å². The molecule has 0 aliphatic heterocycles. The Morgan fingerprint density at radius 2 is 1.48 bits per heavy atom. The number of nitrogens with one attached hydrogen (secondary N) is 3. The standard InChI is InChI=1S/C35H53N5O5S/c1-21(2)27(20-22(3)31(41)39-46(44,45)28-19-18-26(36)23(4)24(28)5)40(12)33(43)30(34(6,7)8)38-32(42)29(37-11)35(9,10)25-16-14-13-15-17-25/h13-21,27,29-30,37H,36H2,1-12H3,(H,38,42)(H,39,41)/b22-20+/t27-,29-,30-/m1/s1. The Bertz CT molecular complexity index is 1560. The predicted molar refractivity (Wildman–Crippen MR) is 185 cm³/mol. The van der Waals surface area contributed by atoms with Crippen LogP contribution in [0, 0.1) is 25.2 Å². The van der Waals surface area contributed by atoms with Gasteiger partial charge in [-0.05, 0) is 68.0 Å². The Balaban J connectivity index is 2.36. The van der Waals surface area contributed by atoms with Gasteiger partial charge in [0.1, 0.15) is 6.04 Å². The minimum atomic E-state index is -4.19. The lowest BCUT2D eigenvalue weighted by Crippen LogP contribution is -2.61. The lowest BCUT2D eigenvalue weighted by Gasteiger charge is -2.40. The number of benzene rings is 2. The number of carbonyl (C=O) groups excluding carboxylic acids is 3. The Hall–Kier alpha value is -3.70. The number of nitrogens with zero attached hydrogens (tertiary/aromatic N) is 1. The van der Waals surface area contributed by atoms with Gasteiger partial charge in [0, 0.05) is 23.7 Å². The summed E-state index contributed by atoms with van der Waals surface area (Å²) in [7, 11) is -0.840. The zero-order chi connectivity index (χ0) is 35.4. The van der Waals surface area contributed by atoms with Crippen molar-refractivity contribution in [2.24, 2.45) is 11.3 Å². The maximum Gasteiger partial charge on any atom is 0.264 e. The molecule has 0 bridgehead atoms. The minimum Gasteiger partial charge on any atom is -0.399 e. The van der Waals surface area contributed by atoms with Gasteiger partial charge in [0.05, 0.1) is 17.0 Å². The Labute approximate surface area is 275 Å². The number of amides is 3. The number of hydrogen-bond acceptors (Lipinski definition) is 7. The smallest absolute Gasteiger partial charge is 0.264 e. The Morgan fingerprint density at radius 1 is 0.913 bits per heavy atom. The van der Waals surface area contributed by atoms with E-state index in [4.69, 9.17) is 5.73 Å². The third kappa shape index (κ3) is 8.76. The fourth-order valence-corrected chi connectivity index (χ4v) is 6.85. The second-order valence-electron chi connectivity index (χ2n) is 14.0. The molecule has 0 aromatic heterocycles. The van der Waals surface area contributed by atoms with E-state index in [-0.39, 0.29) is 28.2 Å². The molecule has 0 radical (unpaired) electrons. The summed E-state index contributed by atoms with van der Waals surface area (Å²) in [6.45, 7) is 18.3. The fraction of sp³-hybridized carbons (Fsp3) is 0.514. The van der Waals surface area contributed by atoms with Crippen LogP contribution in [0.4, 0.5) is 5.69 Å². The molecule has 0 saturated heterocycles. The zero-order valence-corrected chi connectivity index (χ0v) is 30.2. The number of rotatable bonds is 12. The molecule has 0 spiro atoms. The molecule has 0 heterocycles. The average Bonchev–Trinajstić information content (AvgIpc) is 2.96. The monoisotopic (exact) mass is 655 g/mol. The van der Waals surface area contributed by atoms with Gasteiger partial charge in [-0.3, -0.25) is 14.4 Å². The van der Waals surface area contributed by atoms with Gasteiger partial charge in [-0.25, -0.2) is 13.1 Å². The topological polar surface area (TPSA) is 151 Å². The second kappa shape index (κ2) is 14.8. The first-order valence-electron chi connectivity index (χ1n) is 15.5. The van der Waals surface area contributed by atoms with Gasteiger partial charge < -0.3 is 21.3 Å². The van der Waals surface area contributed by atoms with Crippen molar-refractivity contribution in [3.8, 4) is 0 Å². The van der Waals surface area contributed by atoms with Crippen molar-refractivity contribution >= 4 is 33.4 Å². The average molecular weight is 656 g/mol. The SMILES string of the molecule is CN[C@H](C(=O)N[C@H](C(=O)N(C)[C@H](/C=C(\C)C(=O)NS(=O)(=O)c1ccc(N)c(C)c1C)C(C)C)C(C)(C)C)C(C)(C)c1ccccc1. The Kier molecular flexibility index (Phi) is 12.4. The first-order chi connectivity index (χ1) is 21.1. The highest BCUT2D eigenvalue weighted by atomic mass is 32.2. The fourth-order valence-electron chi connectivity index (χ4n) is 5.53. The molecule has 5 N–H and O–H groups in total. The van der Waals surface area contributed by atoms with Crippen LogP contribution >= 0.6 is 0 Å². The lowest BCUT2D eigenvalue weighted by atomic mass is 9.76. The summed E-state index contributed by atoms with van der Waals surface area (Å²) < 4.78 is 28.4. The quantitative estimate of drug-likeness (QED) is 0.198. The van der Waals surface area contributed by atoms with E-state index in [1.165, 1.54) is 24.0 Å². The summed E-state index contributed by atoms with van der Waals surface area (Å²) in [5, 5.41) is 6.16. The van der Waals surface area contributed by atoms with Crippen molar-refractivity contribution in [1.29, 1.82) is 0 Å². The molecular formula is C35H53N5O5S. The zero-order valence-electron chi connectivity index (χ0n) is 29.4. The maximum absolute atomic E-state index is 14.1. The van der Waals surface area contributed by atoms with E-state index in [0.29, 0.717) is 16.8 Å². The third-order valence-corrected chi connectivity index (χ3v) is 10.2. The number of likely N-dealkylation sites (N-methyl/N-ethyl adjacent to an activating group) is 2. The highest BCUT2D eigenvalue weighted by molar-refractivity contribution is 7.90. The summed E-state index contributed by atoms with van der Waals surface area (Å²) in [6, 6.07) is 10.5. The molecule has 2 aromatic carbocycles. The largest absolute Gasteiger partial charge is 0.399 e. The normalized spacial score (nSPS) is 14.8. The molecule has 0 aliphatic rings. The summed E-state index contributed by atoms with van der Waals surface area (Å²) in [5.41, 5.74) is 7.29. The second-order valence-corrected chi connectivity index (χ2v) is 15.6. The van der Waals surface area contributed by atoms with Crippen molar-refractivity contribution in [2.45, 2.75) is 97.7 Å². The molecular weight excluding hydrogens is 602 g/mol. The van der Waals surface area contributed by atoms with E-state index >= 15 is 0 Å². The van der Waals surface area contributed by atoms with Crippen molar-refractivity contribution < 1.29 is 22.8 Å². The van der Waals surface area contributed by atoms with Crippen molar-refractivity contribution in [3.05, 3.63) is 70.8 Å². The third-order valence-electron chi connectivity index (χ3n) is 8.74. The van der Waals surface area contributed by atoms with E-state index in [1.54, 1.807) is 34.0 Å². The van der Waals surface area contributed by atoms with Crippen molar-refractivity contribution in [1.82, 2.24) is 20.3 Å². The van der Waals surface area contributed by atoms with E-state index in [1.807, 2.05) is 78.8 Å². The predicted octanol–water partition coefficient (Wildman–Crippen LogP) is 4.22. The van der Waals surface area contributed by atoms with Gasteiger partial charge in [-0.2, -0.15) is 0 Å². The van der Waals surface area contributed by atoms with E-state index in [0.717, 1.165) is 5.56 Å². The van der Waals surface area contributed by atoms with Crippen molar-refractivity contribution in [3.63, 3.8) is 0 Å². The minimum absolute atomic E-state index is 0.0351. The molecule has 10 nitrogen and oxygen atoms in total. The van der Waals surface area contributed by atoms with Crippen LogP contribution in [0.25, 0.3) is 0 Å². The van der Waals surface area contributed by atoms with Crippen molar-refractivity contribution in [2.75, 3.05) is 19.8 Å². The number of anilines is 1. The molecule has 0 unspecified atom stereocenters. The van der Waals surface area contributed by atoms with Gasteiger partial charge in [0.2, 0.25) is 11.8 Å². The molecule has 2 aromatic rings. The molecule has 3 atom stereocenters. The van der Waals surface area contributed by atoms with Crippen LogP contribution < -0.4 is 21.1 Å². The first kappa shape index (κ1) is 38.5. The molecule has 254 valence electrons. The summed E-state index contributed by atoms with van der Waals surface area (Å²) >= 11 is 0. The van der Waals surface area contributed by atoms with E-state index in [2.05, 4.69) is 15.4 Å². The first-order valence-corrected chi connectivity index (χ1v) is 17.0. The molecule has 2 rings (SSSR count). The molecule has 0 fully saturated rings. The highest BCUT2D eigenvalue weighted by Gasteiger charge is 2.41. The summed E-state index contributed by atoms with van der Waals surface area (Å²) in [4.78, 5) is 42.5. The van der Waals surface area contributed by atoms with Crippen LogP contribution in [0.5, 0.6) is 0 Å². The number of hydrogen-bond donors (Lipinski definition) is 4. The van der Waals surface area contributed by atoms with Crippen LogP contribution in [-0.4, -0.2) is 63.3 Å². The molecule has 11 heteroatoms. The van der Waals surface area contributed by atoms with Crippen LogP contribution in [0.15, 0.2) is 59.0 Å². The van der Waals surface area contributed by atoms with Gasteiger partial charge in [0.15, 0.2) is 0 Å². The Morgan fingerprint density at radius 3 is 1.98 bits per heavy atom. The molecule has 46 heavy (non-hydrogen) atoms. The number of carbonyl (C=O) groups is 3. The van der Waals surface area contributed by atoms with Gasteiger partial charge >= 0.3 is 0 Å². The van der Waals surface area contributed by atoms with Crippen LogP contribution in [0.2, 0.25) is 0 Å². The van der Waals surface area contributed by atoms with Crippen LogP contribution in [0.1, 0.15) is 72.1 Å². The van der Waals surface area contributed by atoms with Crippen LogP contribution in [-0.2, 0) is 29.8 Å². The summed E-state index contributed by atoms with van der Waals surface area (Å²) in [6.07, 6.45) is 1.59. The van der Waals surface area contributed by atoms with E-state index < -0.39 is 44.9 Å². The van der Waals surface area contributed by atoms with Gasteiger partial charge in [0.25, 0.3) is 15.9 Å². The van der Waals surface area contributed by atoms with E-state index in [9.17, 15) is 22.8 Å². The lowest BCUT2D eigenvalue weighted by molar-refractivity contribution is -0.140. The maximum atomic E-state index is 14.1.